The Morgan fingerprint density at radius 3 is 2.72 bits per heavy atom. The SMILES string of the molecule is CC(CCCCN1C(=O)C(CCOc2ccccc2CC(=O)O)Oc2ccccc21)N=O. The molecule has 0 aromatic heterocycles. The molecule has 0 bridgehead atoms. The molecule has 1 N–H and O–H groups in total. The molecule has 3 rings (SSSR count). The standard InChI is InChI=1S/C24H28N2O6/c1-17(25-30)8-6-7-14-26-19-10-3-5-12-21(19)32-22(24(26)29)13-15-31-20-11-4-2-9-18(20)16-23(27)28/h2-5,9-12,17,22H,6-8,13-16H2,1H3,(H,27,28). The van der Waals surface area contributed by atoms with E-state index in [0.29, 0.717) is 36.4 Å². The van der Waals surface area contributed by atoms with Gasteiger partial charge < -0.3 is 19.5 Å². The van der Waals surface area contributed by atoms with Gasteiger partial charge in [0, 0.05) is 18.5 Å². The van der Waals surface area contributed by atoms with Gasteiger partial charge in [-0.2, -0.15) is 4.91 Å². The normalized spacial score (nSPS) is 16.1. The first kappa shape index (κ1) is 23.2. The third kappa shape index (κ3) is 6.06. The summed E-state index contributed by atoms with van der Waals surface area (Å²) in [5, 5.41) is 12.1. The van der Waals surface area contributed by atoms with Crippen molar-refractivity contribution in [3.8, 4) is 11.5 Å². The van der Waals surface area contributed by atoms with E-state index in [1.54, 1.807) is 36.1 Å². The minimum atomic E-state index is -0.933. The highest BCUT2D eigenvalue weighted by Gasteiger charge is 2.33. The number of fused-ring (bicyclic) bond motifs is 1. The molecule has 2 aromatic carbocycles. The highest BCUT2D eigenvalue weighted by atomic mass is 16.5. The Morgan fingerprint density at radius 2 is 1.94 bits per heavy atom. The molecule has 0 aliphatic carbocycles. The Balaban J connectivity index is 1.62. The molecule has 8 heteroatoms. The van der Waals surface area contributed by atoms with E-state index >= 15 is 0 Å². The fraction of sp³-hybridized carbons (Fsp3) is 0.417. The molecule has 1 amide bonds. The van der Waals surface area contributed by atoms with Crippen LogP contribution in [-0.2, 0) is 16.0 Å². The van der Waals surface area contributed by atoms with Crippen molar-refractivity contribution in [1.82, 2.24) is 0 Å². The van der Waals surface area contributed by atoms with E-state index in [1.165, 1.54) is 0 Å². The van der Waals surface area contributed by atoms with Gasteiger partial charge in [0.05, 0.1) is 24.8 Å². The highest BCUT2D eigenvalue weighted by molar-refractivity contribution is 6.00. The molecular weight excluding hydrogens is 412 g/mol. The van der Waals surface area contributed by atoms with Crippen molar-refractivity contribution in [3.63, 3.8) is 0 Å². The summed E-state index contributed by atoms with van der Waals surface area (Å²) in [6.07, 6.45) is 1.76. The number of carbonyl (C=O) groups is 2. The second-order valence-corrected chi connectivity index (χ2v) is 7.83. The number of rotatable bonds is 12. The number of hydrogen-bond donors (Lipinski definition) is 1. The average Bonchev–Trinajstić information content (AvgIpc) is 2.79. The van der Waals surface area contributed by atoms with Crippen LogP contribution in [0.2, 0.25) is 0 Å². The number of nitroso groups, excluding NO2 is 1. The zero-order valence-electron chi connectivity index (χ0n) is 18.1. The lowest BCUT2D eigenvalue weighted by Gasteiger charge is -2.34. The summed E-state index contributed by atoms with van der Waals surface area (Å²) in [6, 6.07) is 14.2. The van der Waals surface area contributed by atoms with Gasteiger partial charge in [0.15, 0.2) is 6.10 Å². The van der Waals surface area contributed by atoms with Gasteiger partial charge in [0.2, 0.25) is 0 Å². The zero-order valence-corrected chi connectivity index (χ0v) is 18.1. The van der Waals surface area contributed by atoms with Crippen LogP contribution in [0.3, 0.4) is 0 Å². The van der Waals surface area contributed by atoms with Crippen molar-refractivity contribution >= 4 is 17.6 Å². The smallest absolute Gasteiger partial charge is 0.307 e. The molecule has 8 nitrogen and oxygen atoms in total. The third-order valence-corrected chi connectivity index (χ3v) is 5.35. The summed E-state index contributed by atoms with van der Waals surface area (Å²) in [6.45, 7) is 2.53. The number of benzene rings is 2. The molecule has 2 aromatic rings. The second-order valence-electron chi connectivity index (χ2n) is 7.83. The van der Waals surface area contributed by atoms with Gasteiger partial charge in [0.25, 0.3) is 5.91 Å². The van der Waals surface area contributed by atoms with Gasteiger partial charge >= 0.3 is 5.97 Å². The quantitative estimate of drug-likeness (QED) is 0.392. The van der Waals surface area contributed by atoms with Crippen LogP contribution in [0.5, 0.6) is 11.5 Å². The molecule has 0 fully saturated rings. The number of para-hydroxylation sites is 3. The fourth-order valence-corrected chi connectivity index (χ4v) is 3.68. The third-order valence-electron chi connectivity index (χ3n) is 5.35. The fourth-order valence-electron chi connectivity index (χ4n) is 3.68. The number of ether oxygens (including phenoxy) is 2. The lowest BCUT2D eigenvalue weighted by molar-refractivity contribution is -0.136. The molecule has 1 aliphatic rings. The predicted octanol–water partition coefficient (Wildman–Crippen LogP) is 4.20. The molecule has 0 saturated heterocycles. The summed E-state index contributed by atoms with van der Waals surface area (Å²) in [7, 11) is 0. The lowest BCUT2D eigenvalue weighted by Crippen LogP contribution is -2.47. The van der Waals surface area contributed by atoms with Crippen molar-refractivity contribution in [2.24, 2.45) is 5.18 Å². The van der Waals surface area contributed by atoms with Crippen LogP contribution in [0.15, 0.2) is 53.7 Å². The van der Waals surface area contributed by atoms with Crippen LogP contribution in [0.25, 0.3) is 0 Å². The predicted molar refractivity (Wildman–Crippen MR) is 120 cm³/mol. The van der Waals surface area contributed by atoms with Crippen LogP contribution in [0.4, 0.5) is 5.69 Å². The van der Waals surface area contributed by atoms with Gasteiger partial charge in [-0.15, -0.1) is 0 Å². The average molecular weight is 440 g/mol. The Labute approximate surface area is 187 Å². The molecule has 170 valence electrons. The van der Waals surface area contributed by atoms with E-state index < -0.39 is 12.1 Å². The maximum Gasteiger partial charge on any atom is 0.307 e. The molecule has 0 spiro atoms. The molecule has 32 heavy (non-hydrogen) atoms. The first-order valence-electron chi connectivity index (χ1n) is 10.8. The van der Waals surface area contributed by atoms with E-state index in [4.69, 9.17) is 14.6 Å². The highest BCUT2D eigenvalue weighted by Crippen LogP contribution is 2.34. The van der Waals surface area contributed by atoms with E-state index in [-0.39, 0.29) is 25.0 Å². The Kier molecular flexibility index (Phi) is 8.19. The van der Waals surface area contributed by atoms with Gasteiger partial charge in [-0.05, 0) is 44.4 Å². The number of hydrogen-bond acceptors (Lipinski definition) is 6. The number of nitrogens with zero attached hydrogens (tertiary/aromatic N) is 2. The largest absolute Gasteiger partial charge is 0.493 e. The number of carboxylic acid groups (broad SMARTS) is 1. The minimum absolute atomic E-state index is 0.131. The monoisotopic (exact) mass is 440 g/mol. The maximum atomic E-state index is 13.1. The van der Waals surface area contributed by atoms with Crippen molar-refractivity contribution in [2.75, 3.05) is 18.1 Å². The van der Waals surface area contributed by atoms with Crippen LogP contribution >= 0.6 is 0 Å². The molecule has 1 heterocycles. The molecule has 2 unspecified atom stereocenters. The molecule has 2 atom stereocenters. The summed E-state index contributed by atoms with van der Waals surface area (Å²) in [5.74, 6) is 0.0738. The molecule has 0 saturated carbocycles. The number of aliphatic carboxylic acids is 1. The zero-order chi connectivity index (χ0) is 22.9. The van der Waals surface area contributed by atoms with Crippen molar-refractivity contribution < 1.29 is 24.2 Å². The molecular formula is C24H28N2O6. The first-order chi connectivity index (χ1) is 15.5. The number of anilines is 1. The van der Waals surface area contributed by atoms with Crippen molar-refractivity contribution in [2.45, 2.75) is 51.2 Å². The van der Waals surface area contributed by atoms with Crippen molar-refractivity contribution in [1.29, 1.82) is 0 Å². The van der Waals surface area contributed by atoms with Gasteiger partial charge in [-0.25, -0.2) is 0 Å². The van der Waals surface area contributed by atoms with Gasteiger partial charge in [0.1, 0.15) is 11.5 Å². The van der Waals surface area contributed by atoms with Crippen LogP contribution < -0.4 is 14.4 Å². The van der Waals surface area contributed by atoms with E-state index in [9.17, 15) is 14.5 Å². The summed E-state index contributed by atoms with van der Waals surface area (Å²) in [4.78, 5) is 36.5. The number of carbonyl (C=O) groups excluding carboxylic acids is 1. The number of unbranched alkanes of at least 4 members (excludes halogenated alkanes) is 1. The number of carboxylic acids is 1. The lowest BCUT2D eigenvalue weighted by atomic mass is 10.1. The van der Waals surface area contributed by atoms with Crippen LogP contribution in [0, 0.1) is 4.91 Å². The first-order valence-corrected chi connectivity index (χ1v) is 10.8. The number of amides is 1. The van der Waals surface area contributed by atoms with Crippen molar-refractivity contribution in [3.05, 3.63) is 59.0 Å². The van der Waals surface area contributed by atoms with E-state index in [0.717, 1.165) is 18.5 Å². The summed E-state index contributed by atoms with van der Waals surface area (Å²) >= 11 is 0. The van der Waals surface area contributed by atoms with Crippen LogP contribution in [-0.4, -0.2) is 42.3 Å². The molecule has 1 aliphatic heterocycles. The minimum Gasteiger partial charge on any atom is -0.493 e. The Bertz CT molecular complexity index is 948. The topological polar surface area (TPSA) is 106 Å². The van der Waals surface area contributed by atoms with Crippen LogP contribution in [0.1, 0.15) is 38.2 Å². The van der Waals surface area contributed by atoms with E-state index in [2.05, 4.69) is 5.18 Å². The van der Waals surface area contributed by atoms with Gasteiger partial charge in [-0.1, -0.05) is 35.5 Å². The van der Waals surface area contributed by atoms with E-state index in [1.807, 2.05) is 24.3 Å². The summed E-state index contributed by atoms with van der Waals surface area (Å²) in [5.41, 5.74) is 1.32. The summed E-state index contributed by atoms with van der Waals surface area (Å²) < 4.78 is 11.7. The Morgan fingerprint density at radius 1 is 1.19 bits per heavy atom. The van der Waals surface area contributed by atoms with Gasteiger partial charge in [-0.3, -0.25) is 9.59 Å². The maximum absolute atomic E-state index is 13.1. The second kappa shape index (κ2) is 11.3. The Hall–Kier alpha value is -3.42. The molecule has 0 radical (unpaired) electrons.